The number of alkyl halides is 9. The highest BCUT2D eigenvalue weighted by atomic mass is 19.4. The van der Waals surface area contributed by atoms with Crippen molar-refractivity contribution >= 4 is 23.5 Å². The predicted octanol–water partition coefficient (Wildman–Crippen LogP) is 4.47. The topological polar surface area (TPSA) is 186 Å². The molecule has 0 unspecified atom stereocenters. The number of benzene rings is 1. The van der Waals surface area contributed by atoms with Gasteiger partial charge in [-0.25, -0.2) is 14.6 Å². The van der Waals surface area contributed by atoms with Gasteiger partial charge < -0.3 is 25.6 Å². The number of amides is 1. The zero-order valence-electron chi connectivity index (χ0n) is 21.7. The van der Waals surface area contributed by atoms with Crippen molar-refractivity contribution in [2.24, 2.45) is 5.73 Å². The van der Waals surface area contributed by atoms with Gasteiger partial charge in [-0.15, -0.1) is 0 Å². The van der Waals surface area contributed by atoms with Crippen LogP contribution in [0.2, 0.25) is 0 Å². The molecule has 1 saturated heterocycles. The van der Waals surface area contributed by atoms with Crippen LogP contribution in [0.5, 0.6) is 11.6 Å². The number of likely N-dealkylation sites (tertiary alicyclic amines) is 1. The lowest BCUT2D eigenvalue weighted by molar-refractivity contribution is -0.385. The maximum absolute atomic E-state index is 13.1. The lowest BCUT2D eigenvalue weighted by Crippen LogP contribution is -2.51. The van der Waals surface area contributed by atoms with Crippen LogP contribution in [0.25, 0.3) is 0 Å². The molecule has 0 saturated carbocycles. The fourth-order valence-electron chi connectivity index (χ4n) is 3.28. The highest BCUT2D eigenvalue weighted by Crippen LogP contribution is 2.33. The Morgan fingerprint density at radius 2 is 1.48 bits per heavy atom. The SMILES string of the molecule is N[C@@H](Cc1ccc(Oc2ccc([N+](=O)[O-])cn2)cc1)C(=O)N1CCC[C@H]1C(F)(F)F.O=C(O)C(F)(F)F.O=C(O)C(F)(F)F. The second kappa shape index (κ2) is 15.2. The fraction of sp³-hybridized carbons (Fsp3) is 0.391. The monoisotopic (exact) mass is 652 g/mol. The lowest BCUT2D eigenvalue weighted by Gasteiger charge is -2.28. The molecule has 2 aromatic rings. The number of nitro groups is 1. The minimum absolute atomic E-state index is 0.0473. The van der Waals surface area contributed by atoms with Gasteiger partial charge in [0.2, 0.25) is 11.8 Å². The number of pyridine rings is 1. The minimum Gasteiger partial charge on any atom is -0.475 e. The number of halogens is 9. The zero-order valence-corrected chi connectivity index (χ0v) is 21.7. The standard InChI is InChI=1S/C19H19F3N4O4.2C2HF3O2/c20-19(21,22)16-2-1-9-25(16)18(27)15(23)10-12-3-6-14(7-4-12)30-17-8-5-13(11-24-17)26(28)29;2*3-2(4,5)1(6)7/h3-8,11,15-16H,1-2,9-10,23H2;2*(H,6,7)/t15-,16-;;/m0../s1. The van der Waals surface area contributed by atoms with Crippen molar-refractivity contribution in [2.75, 3.05) is 6.54 Å². The Balaban J connectivity index is 0.000000574. The summed E-state index contributed by atoms with van der Waals surface area (Å²) in [5.41, 5.74) is 6.37. The number of hydrogen-bond donors (Lipinski definition) is 3. The first kappa shape index (κ1) is 37.3. The molecule has 1 aliphatic rings. The number of carbonyl (C=O) groups excluding carboxylic acids is 1. The Kier molecular flexibility index (Phi) is 12.9. The van der Waals surface area contributed by atoms with Crippen molar-refractivity contribution < 1.29 is 73.8 Å². The van der Waals surface area contributed by atoms with Crippen molar-refractivity contribution in [2.45, 2.75) is 49.9 Å². The average Bonchev–Trinajstić information content (AvgIpc) is 3.40. The predicted molar refractivity (Wildman–Crippen MR) is 127 cm³/mol. The Labute approximate surface area is 240 Å². The zero-order chi connectivity index (χ0) is 34.0. The van der Waals surface area contributed by atoms with Gasteiger partial charge >= 0.3 is 30.5 Å². The third kappa shape index (κ3) is 12.3. The quantitative estimate of drug-likeness (QED) is 0.228. The molecule has 12 nitrogen and oxygen atoms in total. The van der Waals surface area contributed by atoms with Gasteiger partial charge in [-0.1, -0.05) is 12.1 Å². The Bertz CT molecular complexity index is 1260. The smallest absolute Gasteiger partial charge is 0.475 e. The Hall–Kier alpha value is -4.69. The van der Waals surface area contributed by atoms with Gasteiger partial charge in [0.25, 0.3) is 5.69 Å². The van der Waals surface area contributed by atoms with E-state index in [1.165, 1.54) is 12.1 Å². The second-order valence-corrected chi connectivity index (χ2v) is 8.51. The van der Waals surface area contributed by atoms with E-state index < -0.39 is 53.4 Å². The van der Waals surface area contributed by atoms with Crippen LogP contribution in [-0.4, -0.2) is 80.0 Å². The van der Waals surface area contributed by atoms with E-state index in [1.807, 2.05) is 0 Å². The van der Waals surface area contributed by atoms with Gasteiger partial charge in [0.05, 0.1) is 11.0 Å². The number of nitrogens with two attached hydrogens (primary N) is 1. The number of nitrogens with zero attached hydrogens (tertiary/aromatic N) is 3. The molecule has 44 heavy (non-hydrogen) atoms. The molecule has 1 aromatic carbocycles. The number of carboxylic acids is 2. The highest BCUT2D eigenvalue weighted by Gasteiger charge is 2.48. The molecular formula is C23H21F9N4O8. The third-order valence-corrected chi connectivity index (χ3v) is 5.25. The molecule has 0 bridgehead atoms. The van der Waals surface area contributed by atoms with Crippen molar-refractivity contribution in [3.63, 3.8) is 0 Å². The highest BCUT2D eigenvalue weighted by molar-refractivity contribution is 5.82. The summed E-state index contributed by atoms with van der Waals surface area (Å²) >= 11 is 0. The van der Waals surface area contributed by atoms with Crippen molar-refractivity contribution in [1.82, 2.24) is 9.88 Å². The maximum Gasteiger partial charge on any atom is 0.490 e. The van der Waals surface area contributed by atoms with Crippen LogP contribution in [0.1, 0.15) is 18.4 Å². The molecule has 0 spiro atoms. The van der Waals surface area contributed by atoms with E-state index in [9.17, 15) is 54.4 Å². The number of carbonyl (C=O) groups is 3. The van der Waals surface area contributed by atoms with Crippen LogP contribution in [0.15, 0.2) is 42.6 Å². The van der Waals surface area contributed by atoms with E-state index in [4.69, 9.17) is 30.3 Å². The third-order valence-electron chi connectivity index (χ3n) is 5.25. The summed E-state index contributed by atoms with van der Waals surface area (Å²) in [5, 5.41) is 24.9. The van der Waals surface area contributed by atoms with E-state index in [-0.39, 0.29) is 31.0 Å². The van der Waals surface area contributed by atoms with E-state index >= 15 is 0 Å². The molecule has 2 heterocycles. The Morgan fingerprint density at radius 1 is 0.977 bits per heavy atom. The van der Waals surface area contributed by atoms with E-state index in [0.717, 1.165) is 11.1 Å². The summed E-state index contributed by atoms with van der Waals surface area (Å²) in [6.07, 6.45) is -13.3. The molecule has 1 aromatic heterocycles. The first-order chi connectivity index (χ1) is 20.0. The summed E-state index contributed by atoms with van der Waals surface area (Å²) in [5.74, 6) is -5.67. The number of ether oxygens (including phenoxy) is 1. The van der Waals surface area contributed by atoms with Crippen LogP contribution >= 0.6 is 0 Å². The van der Waals surface area contributed by atoms with E-state index in [0.29, 0.717) is 17.7 Å². The van der Waals surface area contributed by atoms with Gasteiger partial charge in [0.1, 0.15) is 18.0 Å². The lowest BCUT2D eigenvalue weighted by atomic mass is 10.0. The van der Waals surface area contributed by atoms with Crippen molar-refractivity contribution in [3.05, 3.63) is 58.3 Å². The van der Waals surface area contributed by atoms with Gasteiger partial charge in [-0.3, -0.25) is 14.9 Å². The van der Waals surface area contributed by atoms with E-state index in [1.54, 1.807) is 24.3 Å². The first-order valence-electron chi connectivity index (χ1n) is 11.6. The van der Waals surface area contributed by atoms with Gasteiger partial charge in [-0.2, -0.15) is 39.5 Å². The van der Waals surface area contributed by atoms with Gasteiger partial charge in [0.15, 0.2) is 0 Å². The fourth-order valence-corrected chi connectivity index (χ4v) is 3.28. The van der Waals surface area contributed by atoms with Gasteiger partial charge in [-0.05, 0) is 37.0 Å². The molecule has 4 N–H and O–H groups in total. The van der Waals surface area contributed by atoms with Crippen LogP contribution in [-0.2, 0) is 20.8 Å². The van der Waals surface area contributed by atoms with Crippen LogP contribution in [0.3, 0.4) is 0 Å². The van der Waals surface area contributed by atoms with Crippen LogP contribution in [0, 0.1) is 10.1 Å². The summed E-state index contributed by atoms with van der Waals surface area (Å²) in [6, 6.07) is 6.20. The molecule has 1 amide bonds. The maximum atomic E-state index is 13.1. The molecule has 0 aliphatic carbocycles. The number of carboxylic acid groups (broad SMARTS) is 2. The average molecular weight is 652 g/mol. The first-order valence-corrected chi connectivity index (χ1v) is 11.6. The normalized spacial score (nSPS) is 15.6. The van der Waals surface area contributed by atoms with Crippen molar-refractivity contribution in [1.29, 1.82) is 0 Å². The number of aliphatic carboxylic acids is 2. The summed E-state index contributed by atoms with van der Waals surface area (Å²) in [6.45, 7) is 0.0473. The van der Waals surface area contributed by atoms with Gasteiger partial charge in [0, 0.05) is 18.7 Å². The molecule has 1 fully saturated rings. The molecule has 21 heteroatoms. The molecule has 1 aliphatic heterocycles. The largest absolute Gasteiger partial charge is 0.490 e. The second-order valence-electron chi connectivity index (χ2n) is 8.51. The molecule has 2 atom stereocenters. The number of hydrogen-bond acceptors (Lipinski definition) is 8. The number of rotatable bonds is 6. The van der Waals surface area contributed by atoms with E-state index in [2.05, 4.69) is 4.98 Å². The summed E-state index contributed by atoms with van der Waals surface area (Å²) in [7, 11) is 0. The minimum atomic E-state index is -5.08. The molecule has 0 radical (unpaired) electrons. The molecular weight excluding hydrogens is 631 g/mol. The molecule has 244 valence electrons. The summed E-state index contributed by atoms with van der Waals surface area (Å²) in [4.78, 5) is 44.9. The van der Waals surface area contributed by atoms with Crippen molar-refractivity contribution in [3.8, 4) is 11.6 Å². The van der Waals surface area contributed by atoms with Crippen LogP contribution in [0.4, 0.5) is 45.2 Å². The molecule has 3 rings (SSSR count). The Morgan fingerprint density at radius 3 is 1.86 bits per heavy atom. The number of aromatic nitrogens is 1. The van der Waals surface area contributed by atoms with Crippen LogP contribution < -0.4 is 10.5 Å². The summed E-state index contributed by atoms with van der Waals surface area (Å²) < 4.78 is 108.